The largest absolute Gasteiger partial charge is 0.417 e. The number of carbonyl (C=O) groups is 1. The average Bonchev–Trinajstić information content (AvgIpc) is 3.36. The molecule has 25 heavy (non-hydrogen) atoms. The van der Waals surface area contributed by atoms with E-state index >= 15 is 0 Å². The molecule has 1 saturated carbocycles. The first-order chi connectivity index (χ1) is 11.8. The molecular weight excluding hydrogens is 336 g/mol. The SMILES string of the molecule is O=C1NN=C(c2ccc(-c3ccc(F)cc3C(F)(F)F)cc2)[C@@H]2C[C@H]12. The molecule has 1 aliphatic heterocycles. The van der Waals surface area contributed by atoms with Gasteiger partial charge in [0.05, 0.1) is 11.3 Å². The topological polar surface area (TPSA) is 41.5 Å². The van der Waals surface area contributed by atoms with Gasteiger partial charge in [0.15, 0.2) is 0 Å². The van der Waals surface area contributed by atoms with Gasteiger partial charge in [-0.2, -0.15) is 18.3 Å². The summed E-state index contributed by atoms with van der Waals surface area (Å²) in [6.45, 7) is 0. The van der Waals surface area contributed by atoms with Crippen molar-refractivity contribution in [3.63, 3.8) is 0 Å². The number of rotatable bonds is 2. The Labute approximate surface area is 140 Å². The van der Waals surface area contributed by atoms with Gasteiger partial charge in [0.2, 0.25) is 5.91 Å². The molecule has 0 spiro atoms. The lowest BCUT2D eigenvalue weighted by Crippen LogP contribution is -2.28. The summed E-state index contributed by atoms with van der Waals surface area (Å²) < 4.78 is 52.7. The third-order valence-electron chi connectivity index (χ3n) is 4.54. The number of hydrazone groups is 1. The van der Waals surface area contributed by atoms with Crippen molar-refractivity contribution in [2.75, 3.05) is 0 Å². The minimum atomic E-state index is -4.64. The van der Waals surface area contributed by atoms with E-state index in [0.717, 1.165) is 29.8 Å². The lowest BCUT2D eigenvalue weighted by molar-refractivity contribution is -0.137. The number of alkyl halides is 3. The molecule has 1 aliphatic carbocycles. The maximum atomic E-state index is 13.2. The highest BCUT2D eigenvalue weighted by atomic mass is 19.4. The van der Waals surface area contributed by atoms with Gasteiger partial charge in [-0.05, 0) is 35.2 Å². The van der Waals surface area contributed by atoms with E-state index in [-0.39, 0.29) is 23.3 Å². The fourth-order valence-electron chi connectivity index (χ4n) is 3.17. The van der Waals surface area contributed by atoms with Crippen LogP contribution in [0, 0.1) is 17.7 Å². The minimum absolute atomic E-state index is 0.0545. The molecule has 4 rings (SSSR count). The van der Waals surface area contributed by atoms with E-state index in [1.54, 1.807) is 24.3 Å². The van der Waals surface area contributed by atoms with E-state index in [1.807, 2.05) is 0 Å². The Hall–Kier alpha value is -2.70. The van der Waals surface area contributed by atoms with E-state index in [1.165, 1.54) is 0 Å². The van der Waals surface area contributed by atoms with E-state index < -0.39 is 17.6 Å². The molecule has 1 amide bonds. The maximum Gasteiger partial charge on any atom is 0.417 e. The lowest BCUT2D eigenvalue weighted by atomic mass is 9.96. The molecule has 2 aromatic rings. The second kappa shape index (κ2) is 5.40. The molecule has 1 fully saturated rings. The number of nitrogens with one attached hydrogen (secondary N) is 1. The van der Waals surface area contributed by atoms with Gasteiger partial charge < -0.3 is 0 Å². The molecule has 1 heterocycles. The van der Waals surface area contributed by atoms with Crippen LogP contribution < -0.4 is 5.43 Å². The molecule has 0 aromatic heterocycles. The summed E-state index contributed by atoms with van der Waals surface area (Å²) in [5.41, 5.74) is 3.21. The highest BCUT2D eigenvalue weighted by Crippen LogP contribution is 2.44. The van der Waals surface area contributed by atoms with E-state index in [0.29, 0.717) is 11.6 Å². The predicted molar refractivity (Wildman–Crippen MR) is 83.1 cm³/mol. The van der Waals surface area contributed by atoms with Crippen LogP contribution in [0.1, 0.15) is 17.5 Å². The number of halogens is 4. The van der Waals surface area contributed by atoms with E-state index in [9.17, 15) is 22.4 Å². The van der Waals surface area contributed by atoms with Crippen LogP contribution in [0.4, 0.5) is 17.6 Å². The van der Waals surface area contributed by atoms with Crippen LogP contribution >= 0.6 is 0 Å². The molecular formula is C18H12F4N2O. The average molecular weight is 348 g/mol. The summed E-state index contributed by atoms with van der Waals surface area (Å²) in [5, 5.41) is 4.06. The Morgan fingerprint density at radius 1 is 1.00 bits per heavy atom. The van der Waals surface area contributed by atoms with Crippen molar-refractivity contribution in [1.29, 1.82) is 0 Å². The summed E-state index contributed by atoms with van der Waals surface area (Å²) in [6.07, 6.45) is -3.91. The Balaban J connectivity index is 1.69. The smallest absolute Gasteiger partial charge is 0.273 e. The van der Waals surface area contributed by atoms with Crippen molar-refractivity contribution in [2.45, 2.75) is 12.6 Å². The van der Waals surface area contributed by atoms with Crippen LogP contribution in [0.25, 0.3) is 11.1 Å². The third kappa shape index (κ3) is 2.79. The number of hydrogen-bond acceptors (Lipinski definition) is 2. The summed E-state index contributed by atoms with van der Waals surface area (Å²) in [4.78, 5) is 11.5. The maximum absolute atomic E-state index is 13.2. The molecule has 0 radical (unpaired) electrons. The normalized spacial score (nSPS) is 22.1. The Kier molecular flexibility index (Phi) is 3.42. The second-order valence-electron chi connectivity index (χ2n) is 6.19. The van der Waals surface area contributed by atoms with Gasteiger partial charge in [0.1, 0.15) is 5.82 Å². The van der Waals surface area contributed by atoms with Crippen molar-refractivity contribution in [2.24, 2.45) is 16.9 Å². The summed E-state index contributed by atoms with van der Waals surface area (Å²) in [7, 11) is 0. The van der Waals surface area contributed by atoms with E-state index in [4.69, 9.17) is 0 Å². The number of fused-ring (bicyclic) bond motifs is 1. The highest BCUT2D eigenvalue weighted by molar-refractivity contribution is 6.09. The van der Waals surface area contributed by atoms with Gasteiger partial charge in [0.25, 0.3) is 0 Å². The van der Waals surface area contributed by atoms with Gasteiger partial charge in [0, 0.05) is 11.8 Å². The summed E-state index contributed by atoms with van der Waals surface area (Å²) in [5.74, 6) is -0.997. The number of amides is 1. The van der Waals surface area contributed by atoms with Crippen molar-refractivity contribution in [3.8, 4) is 11.1 Å². The molecule has 0 bridgehead atoms. The van der Waals surface area contributed by atoms with Crippen LogP contribution in [0.15, 0.2) is 47.6 Å². The molecule has 0 unspecified atom stereocenters. The van der Waals surface area contributed by atoms with Gasteiger partial charge in [-0.3, -0.25) is 4.79 Å². The Morgan fingerprint density at radius 2 is 1.68 bits per heavy atom. The van der Waals surface area contributed by atoms with Gasteiger partial charge in [-0.25, -0.2) is 9.82 Å². The monoisotopic (exact) mass is 348 g/mol. The fraction of sp³-hybridized carbons (Fsp3) is 0.222. The van der Waals surface area contributed by atoms with Crippen molar-refractivity contribution >= 4 is 11.6 Å². The van der Waals surface area contributed by atoms with E-state index in [2.05, 4.69) is 10.5 Å². The predicted octanol–water partition coefficient (Wildman–Crippen LogP) is 3.98. The zero-order valence-electron chi connectivity index (χ0n) is 12.8. The van der Waals surface area contributed by atoms with Crippen LogP contribution in [-0.2, 0) is 11.0 Å². The number of hydrogen-bond donors (Lipinski definition) is 1. The van der Waals surface area contributed by atoms with Crippen LogP contribution in [0.2, 0.25) is 0 Å². The van der Waals surface area contributed by atoms with Crippen molar-refractivity contribution in [1.82, 2.24) is 5.43 Å². The number of benzene rings is 2. The molecule has 2 atom stereocenters. The molecule has 7 heteroatoms. The Morgan fingerprint density at radius 3 is 2.36 bits per heavy atom. The molecule has 128 valence electrons. The summed E-state index contributed by atoms with van der Waals surface area (Å²) >= 11 is 0. The quantitative estimate of drug-likeness (QED) is 0.820. The Bertz CT molecular complexity index is 887. The van der Waals surface area contributed by atoms with Gasteiger partial charge >= 0.3 is 6.18 Å². The first-order valence-electron chi connectivity index (χ1n) is 7.69. The first-order valence-corrected chi connectivity index (χ1v) is 7.69. The number of nitrogens with zero attached hydrogens (tertiary/aromatic N) is 1. The fourth-order valence-corrected chi connectivity index (χ4v) is 3.17. The zero-order valence-corrected chi connectivity index (χ0v) is 12.8. The summed E-state index contributed by atoms with van der Waals surface area (Å²) in [6, 6.07) is 9.08. The second-order valence-corrected chi connectivity index (χ2v) is 6.19. The molecule has 0 saturated heterocycles. The van der Waals surface area contributed by atoms with Crippen molar-refractivity contribution < 1.29 is 22.4 Å². The minimum Gasteiger partial charge on any atom is -0.273 e. The zero-order chi connectivity index (χ0) is 17.8. The van der Waals surface area contributed by atoms with Crippen molar-refractivity contribution in [3.05, 3.63) is 59.4 Å². The third-order valence-corrected chi connectivity index (χ3v) is 4.54. The van der Waals surface area contributed by atoms with Crippen LogP contribution in [0.5, 0.6) is 0 Å². The van der Waals surface area contributed by atoms with Crippen LogP contribution in [-0.4, -0.2) is 11.6 Å². The standard InChI is InChI=1S/C18H12F4N2O/c19-11-5-6-12(15(7-11)18(20,21)22)9-1-3-10(4-2-9)16-13-8-14(13)17(25)24-23-16/h1-7,13-14H,8H2,(H,24,25)/t13-,14+/m1/s1. The molecule has 2 aliphatic rings. The number of carbonyl (C=O) groups excluding carboxylic acids is 1. The first kappa shape index (κ1) is 15.8. The molecule has 3 nitrogen and oxygen atoms in total. The molecule has 1 N–H and O–H groups in total. The van der Waals surface area contributed by atoms with Crippen LogP contribution in [0.3, 0.4) is 0 Å². The molecule has 2 aromatic carbocycles. The highest BCUT2D eigenvalue weighted by Gasteiger charge is 2.49. The van der Waals surface area contributed by atoms with Gasteiger partial charge in [-0.1, -0.05) is 30.3 Å². The lowest BCUT2D eigenvalue weighted by Gasteiger charge is -2.15. The van der Waals surface area contributed by atoms with Gasteiger partial charge in [-0.15, -0.1) is 0 Å².